The molecular formula is C25H31N5O2S. The third-order valence-corrected chi connectivity index (χ3v) is 7.00. The van der Waals surface area contributed by atoms with Gasteiger partial charge in [0.1, 0.15) is 10.3 Å². The second kappa shape index (κ2) is 11.2. The number of aromatic nitrogens is 2. The standard InChI is InChI=1S/C25H31N5O2S/c1-19(10-11-20-7-3-2-4-8-20)27-22(31)12-13-23(32)29-15-6-16-30(18-17-29)25-28-21-9-5-14-26-24(21)33-25/h2-5,7-9,14,19H,6,10-13,15-18H2,1H3,(H,27,31)/t19-/m0/s1. The number of carbonyl (C=O) groups excluding carboxylic acids is 2. The van der Waals surface area contributed by atoms with E-state index in [1.807, 2.05) is 42.2 Å². The highest BCUT2D eigenvalue weighted by atomic mass is 32.1. The summed E-state index contributed by atoms with van der Waals surface area (Å²) in [6.45, 7) is 4.99. The Kier molecular flexibility index (Phi) is 7.88. The van der Waals surface area contributed by atoms with Crippen molar-refractivity contribution in [2.24, 2.45) is 0 Å². The van der Waals surface area contributed by atoms with E-state index < -0.39 is 0 Å². The average molecular weight is 466 g/mol. The van der Waals surface area contributed by atoms with E-state index in [4.69, 9.17) is 4.98 Å². The molecule has 2 aromatic heterocycles. The first-order valence-electron chi connectivity index (χ1n) is 11.7. The Morgan fingerprint density at radius 1 is 1.06 bits per heavy atom. The lowest BCUT2D eigenvalue weighted by atomic mass is 10.1. The van der Waals surface area contributed by atoms with E-state index in [1.165, 1.54) is 5.56 Å². The van der Waals surface area contributed by atoms with Crippen LogP contribution in [0.1, 0.15) is 38.2 Å². The summed E-state index contributed by atoms with van der Waals surface area (Å²) in [5, 5.41) is 3.99. The quantitative estimate of drug-likeness (QED) is 0.549. The first-order valence-corrected chi connectivity index (χ1v) is 12.5. The number of rotatable bonds is 8. The fraction of sp³-hybridized carbons (Fsp3) is 0.440. The Morgan fingerprint density at radius 3 is 2.73 bits per heavy atom. The minimum atomic E-state index is -0.0534. The number of anilines is 1. The molecular weight excluding hydrogens is 434 g/mol. The van der Waals surface area contributed by atoms with E-state index in [-0.39, 0.29) is 30.7 Å². The second-order valence-electron chi connectivity index (χ2n) is 8.54. The summed E-state index contributed by atoms with van der Waals surface area (Å²) in [4.78, 5) is 39.2. The molecule has 174 valence electrons. The third-order valence-electron chi connectivity index (χ3n) is 5.96. The number of hydrogen-bond donors (Lipinski definition) is 1. The van der Waals surface area contributed by atoms with Gasteiger partial charge in [-0.2, -0.15) is 0 Å². The smallest absolute Gasteiger partial charge is 0.223 e. The van der Waals surface area contributed by atoms with Gasteiger partial charge in [0, 0.05) is 51.3 Å². The number of thiazole rings is 1. The molecule has 1 N–H and O–H groups in total. The Bertz CT molecular complexity index is 1040. The summed E-state index contributed by atoms with van der Waals surface area (Å²) in [5.41, 5.74) is 2.18. The van der Waals surface area contributed by atoms with Crippen LogP contribution in [-0.4, -0.2) is 58.9 Å². The molecule has 1 aliphatic rings. The maximum absolute atomic E-state index is 12.7. The highest BCUT2D eigenvalue weighted by Gasteiger charge is 2.22. The van der Waals surface area contributed by atoms with Gasteiger partial charge >= 0.3 is 0 Å². The number of fused-ring (bicyclic) bond motifs is 1. The summed E-state index contributed by atoms with van der Waals surface area (Å²) >= 11 is 1.59. The summed E-state index contributed by atoms with van der Waals surface area (Å²) < 4.78 is 0. The summed E-state index contributed by atoms with van der Waals surface area (Å²) in [7, 11) is 0. The molecule has 1 fully saturated rings. The molecule has 0 bridgehead atoms. The molecule has 1 saturated heterocycles. The van der Waals surface area contributed by atoms with E-state index in [2.05, 4.69) is 27.3 Å². The molecule has 3 heterocycles. The zero-order chi connectivity index (χ0) is 23.0. The fourth-order valence-corrected chi connectivity index (χ4v) is 5.04. The van der Waals surface area contributed by atoms with Crippen molar-refractivity contribution in [2.75, 3.05) is 31.1 Å². The van der Waals surface area contributed by atoms with Crippen LogP contribution in [0.25, 0.3) is 10.3 Å². The van der Waals surface area contributed by atoms with E-state index in [0.29, 0.717) is 13.1 Å². The molecule has 2 amide bonds. The van der Waals surface area contributed by atoms with E-state index in [0.717, 1.165) is 47.8 Å². The molecule has 1 atom stereocenters. The van der Waals surface area contributed by atoms with E-state index in [1.54, 1.807) is 17.5 Å². The summed E-state index contributed by atoms with van der Waals surface area (Å²) in [6, 6.07) is 14.2. The third kappa shape index (κ3) is 6.51. The lowest BCUT2D eigenvalue weighted by Gasteiger charge is -2.22. The first-order chi connectivity index (χ1) is 16.1. The van der Waals surface area contributed by atoms with Gasteiger partial charge in [-0.25, -0.2) is 9.97 Å². The highest BCUT2D eigenvalue weighted by Crippen LogP contribution is 2.27. The van der Waals surface area contributed by atoms with Gasteiger partial charge in [-0.15, -0.1) is 0 Å². The SMILES string of the molecule is C[C@@H](CCc1ccccc1)NC(=O)CCC(=O)N1CCCN(c2nc3cccnc3s2)CC1. The van der Waals surface area contributed by atoms with Crippen molar-refractivity contribution in [1.29, 1.82) is 0 Å². The lowest BCUT2D eigenvalue weighted by Crippen LogP contribution is -2.37. The van der Waals surface area contributed by atoms with E-state index in [9.17, 15) is 9.59 Å². The van der Waals surface area contributed by atoms with Crippen molar-refractivity contribution in [2.45, 2.75) is 45.1 Å². The van der Waals surface area contributed by atoms with Crippen molar-refractivity contribution < 1.29 is 9.59 Å². The molecule has 33 heavy (non-hydrogen) atoms. The normalized spacial score (nSPS) is 15.3. The van der Waals surface area contributed by atoms with Gasteiger partial charge in [0.25, 0.3) is 0 Å². The van der Waals surface area contributed by atoms with Gasteiger partial charge in [-0.1, -0.05) is 41.7 Å². The molecule has 7 nitrogen and oxygen atoms in total. The van der Waals surface area contributed by atoms with Crippen LogP contribution in [0.15, 0.2) is 48.7 Å². The Labute approximate surface area is 198 Å². The minimum absolute atomic E-state index is 0.0508. The maximum atomic E-state index is 12.7. The van der Waals surface area contributed by atoms with Crippen LogP contribution in [0.3, 0.4) is 0 Å². The van der Waals surface area contributed by atoms with Crippen LogP contribution in [0.5, 0.6) is 0 Å². The highest BCUT2D eigenvalue weighted by molar-refractivity contribution is 7.21. The molecule has 1 aromatic carbocycles. The molecule has 0 saturated carbocycles. The number of nitrogens with one attached hydrogen (secondary N) is 1. The monoisotopic (exact) mass is 465 g/mol. The van der Waals surface area contributed by atoms with Crippen molar-refractivity contribution >= 4 is 38.6 Å². The van der Waals surface area contributed by atoms with Crippen molar-refractivity contribution in [3.63, 3.8) is 0 Å². The molecule has 0 spiro atoms. The van der Waals surface area contributed by atoms with E-state index >= 15 is 0 Å². The molecule has 3 aromatic rings. The number of aryl methyl sites for hydroxylation is 1. The minimum Gasteiger partial charge on any atom is -0.354 e. The predicted octanol–water partition coefficient (Wildman–Crippen LogP) is 3.65. The number of amides is 2. The molecule has 0 unspecified atom stereocenters. The second-order valence-corrected chi connectivity index (χ2v) is 9.49. The molecule has 8 heteroatoms. The fourth-order valence-electron chi connectivity index (χ4n) is 4.08. The van der Waals surface area contributed by atoms with Crippen LogP contribution >= 0.6 is 11.3 Å². The van der Waals surface area contributed by atoms with Crippen molar-refractivity contribution in [3.05, 3.63) is 54.2 Å². The van der Waals surface area contributed by atoms with Crippen molar-refractivity contribution in [1.82, 2.24) is 20.2 Å². The Morgan fingerprint density at radius 2 is 1.91 bits per heavy atom. The van der Waals surface area contributed by atoms with Gasteiger partial charge in [0.2, 0.25) is 11.8 Å². The molecule has 0 radical (unpaired) electrons. The summed E-state index contributed by atoms with van der Waals surface area (Å²) in [5.74, 6) is -0.00255. The Hall–Kier alpha value is -3.00. The number of nitrogens with zero attached hydrogens (tertiary/aromatic N) is 4. The maximum Gasteiger partial charge on any atom is 0.223 e. The van der Waals surface area contributed by atoms with Gasteiger partial charge in [0.05, 0.1) is 0 Å². The molecule has 4 rings (SSSR count). The summed E-state index contributed by atoms with van der Waals surface area (Å²) in [6.07, 6.45) is 4.97. The zero-order valence-electron chi connectivity index (χ0n) is 19.1. The Balaban J connectivity index is 1.19. The number of benzene rings is 1. The van der Waals surface area contributed by atoms with Crippen molar-refractivity contribution in [3.8, 4) is 0 Å². The van der Waals surface area contributed by atoms with Crippen LogP contribution in [-0.2, 0) is 16.0 Å². The van der Waals surface area contributed by atoms with Crippen LogP contribution in [0.2, 0.25) is 0 Å². The first kappa shape index (κ1) is 23.2. The topological polar surface area (TPSA) is 78.4 Å². The van der Waals surface area contributed by atoms with Crippen LogP contribution in [0, 0.1) is 0 Å². The van der Waals surface area contributed by atoms with Crippen LogP contribution in [0.4, 0.5) is 5.13 Å². The largest absolute Gasteiger partial charge is 0.354 e. The predicted molar refractivity (Wildman–Crippen MR) is 132 cm³/mol. The van der Waals surface area contributed by atoms with Gasteiger partial charge in [-0.3, -0.25) is 9.59 Å². The zero-order valence-corrected chi connectivity index (χ0v) is 19.9. The average Bonchev–Trinajstić information content (AvgIpc) is 3.11. The number of pyridine rings is 1. The number of hydrogen-bond acceptors (Lipinski definition) is 6. The molecule has 0 aliphatic carbocycles. The lowest BCUT2D eigenvalue weighted by molar-refractivity contribution is -0.133. The van der Waals surface area contributed by atoms with Gasteiger partial charge in [-0.05, 0) is 43.9 Å². The van der Waals surface area contributed by atoms with Gasteiger partial charge in [0.15, 0.2) is 5.13 Å². The van der Waals surface area contributed by atoms with Crippen LogP contribution < -0.4 is 10.2 Å². The van der Waals surface area contributed by atoms with Gasteiger partial charge < -0.3 is 15.1 Å². The number of carbonyl (C=O) groups is 2. The molecule has 1 aliphatic heterocycles.